The maximum absolute atomic E-state index is 11.6. The Hall–Kier alpha value is -2.79. The fourth-order valence-corrected chi connectivity index (χ4v) is 3.94. The Morgan fingerprint density at radius 3 is 2.48 bits per heavy atom. The average molecular weight is 392 g/mol. The van der Waals surface area contributed by atoms with Crippen LogP contribution in [0.5, 0.6) is 5.75 Å². The molecule has 1 N–H and O–H groups in total. The third-order valence-electron chi connectivity index (χ3n) is 5.59. The van der Waals surface area contributed by atoms with Crippen LogP contribution in [0.1, 0.15) is 19.3 Å². The van der Waals surface area contributed by atoms with Gasteiger partial charge in [0.1, 0.15) is 5.75 Å². The van der Waals surface area contributed by atoms with Crippen molar-refractivity contribution in [3.8, 4) is 5.75 Å². The first kappa shape index (κ1) is 19.5. The average Bonchev–Trinajstić information content (AvgIpc) is 2.77. The summed E-state index contributed by atoms with van der Waals surface area (Å²) >= 11 is 0. The summed E-state index contributed by atoms with van der Waals surface area (Å²) in [7, 11) is 0. The van der Waals surface area contributed by atoms with Crippen LogP contribution < -0.4 is 15.2 Å². The third-order valence-corrected chi connectivity index (χ3v) is 5.59. The van der Waals surface area contributed by atoms with Gasteiger partial charge in [0.25, 0.3) is 0 Å². The quantitative estimate of drug-likeness (QED) is 0.592. The van der Waals surface area contributed by atoms with Gasteiger partial charge in [0.15, 0.2) is 0 Å². The summed E-state index contributed by atoms with van der Waals surface area (Å²) in [6, 6.07) is 19.9. The molecule has 1 aromatic heterocycles. The molecular formula is C24H29N3O2. The van der Waals surface area contributed by atoms with Crippen molar-refractivity contribution in [1.29, 1.82) is 0 Å². The number of fused-ring (bicyclic) bond motifs is 1. The number of nitrogens with zero attached hydrogens (tertiary/aromatic N) is 2. The molecule has 1 fully saturated rings. The van der Waals surface area contributed by atoms with E-state index in [1.165, 1.54) is 12.1 Å². The van der Waals surface area contributed by atoms with Crippen LogP contribution in [0, 0.1) is 0 Å². The lowest BCUT2D eigenvalue weighted by Crippen LogP contribution is -2.46. The Balaban J connectivity index is 1.14. The number of H-pyrrole nitrogens is 1. The first-order valence-electron chi connectivity index (χ1n) is 10.6. The zero-order valence-electron chi connectivity index (χ0n) is 16.8. The molecule has 0 bridgehead atoms. The highest BCUT2D eigenvalue weighted by atomic mass is 16.5. The van der Waals surface area contributed by atoms with Gasteiger partial charge < -0.3 is 14.6 Å². The number of hydrogen-bond acceptors (Lipinski definition) is 4. The molecule has 0 saturated carbocycles. The molecule has 0 amide bonds. The number of ether oxygens (including phenoxy) is 1. The van der Waals surface area contributed by atoms with E-state index in [4.69, 9.17) is 4.74 Å². The number of anilines is 1. The lowest BCUT2D eigenvalue weighted by Gasteiger charge is -2.36. The van der Waals surface area contributed by atoms with Crippen LogP contribution in [0.15, 0.2) is 65.5 Å². The van der Waals surface area contributed by atoms with E-state index in [1.807, 2.05) is 24.3 Å². The van der Waals surface area contributed by atoms with E-state index in [1.54, 1.807) is 6.07 Å². The standard InChI is InChI=1S/C24H29N3O2/c28-23-13-12-20-8-7-11-22(24(20)25-23)29-19-6-2-5-14-26-15-17-27(18-16-26)21-9-3-1-4-10-21/h1,3-4,7-13H,2,5-6,14-19H2,(H,25,28). The Morgan fingerprint density at radius 2 is 1.66 bits per heavy atom. The van der Waals surface area contributed by atoms with Crippen molar-refractivity contribution in [2.24, 2.45) is 0 Å². The second kappa shape index (κ2) is 9.61. The van der Waals surface area contributed by atoms with Crippen LogP contribution in [0.25, 0.3) is 10.9 Å². The molecule has 0 aliphatic carbocycles. The van der Waals surface area contributed by atoms with Gasteiger partial charge in [0.05, 0.1) is 12.1 Å². The Bertz CT molecular complexity index is 963. The maximum Gasteiger partial charge on any atom is 0.248 e. The number of rotatable bonds is 8. The molecule has 1 aliphatic heterocycles. The number of para-hydroxylation sites is 2. The van der Waals surface area contributed by atoms with E-state index >= 15 is 0 Å². The van der Waals surface area contributed by atoms with Gasteiger partial charge in [-0.15, -0.1) is 0 Å². The normalized spacial score (nSPS) is 15.0. The molecule has 0 radical (unpaired) electrons. The van der Waals surface area contributed by atoms with Crippen molar-refractivity contribution in [2.75, 3.05) is 44.2 Å². The predicted octanol–water partition coefficient (Wildman–Crippen LogP) is 3.90. The van der Waals surface area contributed by atoms with E-state index < -0.39 is 0 Å². The van der Waals surface area contributed by atoms with E-state index in [2.05, 4.69) is 45.1 Å². The van der Waals surface area contributed by atoms with Gasteiger partial charge in [0.2, 0.25) is 5.56 Å². The van der Waals surface area contributed by atoms with Gasteiger partial charge in [-0.1, -0.05) is 30.3 Å². The van der Waals surface area contributed by atoms with Crippen molar-refractivity contribution in [2.45, 2.75) is 19.3 Å². The second-order valence-corrected chi connectivity index (χ2v) is 7.62. The monoisotopic (exact) mass is 391 g/mol. The molecule has 29 heavy (non-hydrogen) atoms. The van der Waals surface area contributed by atoms with E-state index in [9.17, 15) is 4.79 Å². The minimum Gasteiger partial charge on any atom is -0.491 e. The molecule has 0 atom stereocenters. The zero-order valence-corrected chi connectivity index (χ0v) is 16.8. The Morgan fingerprint density at radius 1 is 0.828 bits per heavy atom. The van der Waals surface area contributed by atoms with Crippen LogP contribution in [0.4, 0.5) is 5.69 Å². The number of hydrogen-bond donors (Lipinski definition) is 1. The van der Waals surface area contributed by atoms with E-state index in [0.717, 1.165) is 62.2 Å². The highest BCUT2D eigenvalue weighted by Crippen LogP contribution is 2.22. The maximum atomic E-state index is 11.6. The number of benzene rings is 2. The summed E-state index contributed by atoms with van der Waals surface area (Å²) in [4.78, 5) is 19.5. The SMILES string of the molecule is O=c1ccc2cccc(OCCCCCN3CCN(c4ccccc4)CC3)c2[nH]1. The predicted molar refractivity (Wildman–Crippen MR) is 119 cm³/mol. The fourth-order valence-electron chi connectivity index (χ4n) is 3.94. The first-order chi connectivity index (χ1) is 14.3. The summed E-state index contributed by atoms with van der Waals surface area (Å²) in [5.41, 5.74) is 2.02. The number of aromatic amines is 1. The van der Waals surface area contributed by atoms with Crippen molar-refractivity contribution >= 4 is 16.6 Å². The molecule has 1 aliphatic rings. The highest BCUT2D eigenvalue weighted by molar-refractivity contribution is 5.84. The largest absolute Gasteiger partial charge is 0.491 e. The molecule has 1 saturated heterocycles. The van der Waals surface area contributed by atoms with Crippen LogP contribution in [-0.2, 0) is 0 Å². The minimum absolute atomic E-state index is 0.0964. The van der Waals surface area contributed by atoms with Crippen LogP contribution in [0.3, 0.4) is 0 Å². The van der Waals surface area contributed by atoms with Gasteiger partial charge >= 0.3 is 0 Å². The molecule has 3 aromatic rings. The van der Waals surface area contributed by atoms with Gasteiger partial charge in [-0.05, 0) is 50.1 Å². The summed E-state index contributed by atoms with van der Waals surface area (Å²) < 4.78 is 5.94. The summed E-state index contributed by atoms with van der Waals surface area (Å²) in [5.74, 6) is 0.761. The second-order valence-electron chi connectivity index (χ2n) is 7.62. The van der Waals surface area contributed by atoms with Crippen molar-refractivity contribution in [3.05, 3.63) is 71.0 Å². The summed E-state index contributed by atoms with van der Waals surface area (Å²) in [6.45, 7) is 6.31. The number of piperazine rings is 1. The number of nitrogens with one attached hydrogen (secondary N) is 1. The number of pyridine rings is 1. The Labute approximate surface area is 171 Å². The third kappa shape index (κ3) is 5.18. The number of aromatic nitrogens is 1. The molecule has 0 unspecified atom stereocenters. The molecule has 5 nitrogen and oxygen atoms in total. The minimum atomic E-state index is -0.0964. The molecular weight excluding hydrogens is 362 g/mol. The molecule has 0 spiro atoms. The molecule has 4 rings (SSSR count). The van der Waals surface area contributed by atoms with Gasteiger partial charge in [-0.3, -0.25) is 9.69 Å². The smallest absolute Gasteiger partial charge is 0.248 e. The summed E-state index contributed by atoms with van der Waals surface area (Å²) in [6.07, 6.45) is 3.37. The molecule has 2 heterocycles. The lowest BCUT2D eigenvalue weighted by atomic mass is 10.2. The van der Waals surface area contributed by atoms with Gasteiger partial charge in [-0.25, -0.2) is 0 Å². The van der Waals surface area contributed by atoms with Crippen molar-refractivity contribution in [1.82, 2.24) is 9.88 Å². The van der Waals surface area contributed by atoms with Crippen LogP contribution >= 0.6 is 0 Å². The van der Waals surface area contributed by atoms with Crippen LogP contribution in [0.2, 0.25) is 0 Å². The topological polar surface area (TPSA) is 48.6 Å². The highest BCUT2D eigenvalue weighted by Gasteiger charge is 2.16. The number of unbranched alkanes of at least 4 members (excludes halogenated alkanes) is 2. The van der Waals surface area contributed by atoms with Crippen LogP contribution in [-0.4, -0.2) is 49.2 Å². The summed E-state index contributed by atoms with van der Waals surface area (Å²) in [5, 5.41) is 0.997. The lowest BCUT2D eigenvalue weighted by molar-refractivity contribution is 0.246. The van der Waals surface area contributed by atoms with E-state index in [-0.39, 0.29) is 5.56 Å². The van der Waals surface area contributed by atoms with Crippen molar-refractivity contribution < 1.29 is 4.74 Å². The molecule has 152 valence electrons. The van der Waals surface area contributed by atoms with E-state index in [0.29, 0.717) is 6.61 Å². The fraction of sp³-hybridized carbons (Fsp3) is 0.375. The first-order valence-corrected chi connectivity index (χ1v) is 10.6. The van der Waals surface area contributed by atoms with Crippen molar-refractivity contribution in [3.63, 3.8) is 0 Å². The zero-order chi connectivity index (χ0) is 19.9. The van der Waals surface area contributed by atoms with Gasteiger partial charge in [0, 0.05) is 43.3 Å². The van der Waals surface area contributed by atoms with Gasteiger partial charge in [-0.2, -0.15) is 0 Å². The molecule has 5 heteroatoms. The molecule has 2 aromatic carbocycles. The Kier molecular flexibility index (Phi) is 6.47.